The summed E-state index contributed by atoms with van der Waals surface area (Å²) in [6, 6.07) is 7.61. The molecule has 0 saturated heterocycles. The van der Waals surface area contributed by atoms with Gasteiger partial charge in [-0.1, -0.05) is 22.0 Å². The smallest absolute Gasteiger partial charge is 0.339 e. The van der Waals surface area contributed by atoms with Crippen molar-refractivity contribution in [2.24, 2.45) is 0 Å². The third kappa shape index (κ3) is 2.90. The van der Waals surface area contributed by atoms with Crippen LogP contribution in [-0.2, 0) is 0 Å². The van der Waals surface area contributed by atoms with Gasteiger partial charge in [-0.2, -0.15) is 4.39 Å². The molecule has 0 aliphatic carbocycles. The molecule has 0 aliphatic rings. The summed E-state index contributed by atoms with van der Waals surface area (Å²) in [5.41, 5.74) is -0.146. The number of carbonyl (C=O) groups is 1. The zero-order valence-corrected chi connectivity index (χ0v) is 10.9. The number of rotatable bonds is 3. The Morgan fingerprint density at radius 2 is 1.89 bits per heavy atom. The Balaban J connectivity index is 2.45. The van der Waals surface area contributed by atoms with E-state index in [-0.39, 0.29) is 17.1 Å². The molecule has 1 N–H and O–H groups in total. The summed E-state index contributed by atoms with van der Waals surface area (Å²) in [5.74, 6) is -3.91. The van der Waals surface area contributed by atoms with Gasteiger partial charge in [-0.25, -0.2) is 9.18 Å². The normalized spacial score (nSPS) is 10.3. The summed E-state index contributed by atoms with van der Waals surface area (Å²) < 4.78 is 32.2. The number of ether oxygens (including phenoxy) is 1. The third-order valence-electron chi connectivity index (χ3n) is 2.31. The second-order valence-electron chi connectivity index (χ2n) is 3.60. The molecule has 0 radical (unpaired) electrons. The van der Waals surface area contributed by atoms with Crippen molar-refractivity contribution in [3.05, 3.63) is 58.1 Å². The lowest BCUT2D eigenvalue weighted by Crippen LogP contribution is -2.01. The van der Waals surface area contributed by atoms with Gasteiger partial charge in [0.25, 0.3) is 0 Å². The first-order chi connectivity index (χ1) is 8.99. The second-order valence-corrected chi connectivity index (χ2v) is 4.52. The van der Waals surface area contributed by atoms with E-state index in [1.807, 2.05) is 0 Å². The first-order valence-electron chi connectivity index (χ1n) is 5.13. The lowest BCUT2D eigenvalue weighted by Gasteiger charge is -2.10. The summed E-state index contributed by atoms with van der Waals surface area (Å²) in [5, 5.41) is 9.00. The Hall–Kier alpha value is -1.95. The summed E-state index contributed by atoms with van der Waals surface area (Å²) in [7, 11) is 0. The molecular formula is C13H7BrF2O3. The van der Waals surface area contributed by atoms with Crippen LogP contribution in [0.25, 0.3) is 0 Å². The highest BCUT2D eigenvalue weighted by molar-refractivity contribution is 9.10. The van der Waals surface area contributed by atoms with Crippen LogP contribution in [0.15, 0.2) is 40.9 Å². The molecule has 0 saturated carbocycles. The van der Waals surface area contributed by atoms with Crippen LogP contribution in [0.4, 0.5) is 8.78 Å². The van der Waals surface area contributed by atoms with Crippen molar-refractivity contribution in [1.82, 2.24) is 0 Å². The maximum absolute atomic E-state index is 13.5. The van der Waals surface area contributed by atoms with Crippen LogP contribution in [0.2, 0.25) is 0 Å². The molecule has 98 valence electrons. The van der Waals surface area contributed by atoms with Gasteiger partial charge in [0, 0.05) is 4.47 Å². The van der Waals surface area contributed by atoms with Gasteiger partial charge in [0.1, 0.15) is 11.3 Å². The number of hydrogen-bond acceptors (Lipinski definition) is 2. The molecule has 0 aromatic heterocycles. The highest BCUT2D eigenvalue weighted by Gasteiger charge is 2.15. The van der Waals surface area contributed by atoms with E-state index in [2.05, 4.69) is 15.9 Å². The average Bonchev–Trinajstić information content (AvgIpc) is 2.35. The van der Waals surface area contributed by atoms with Crippen LogP contribution in [0.1, 0.15) is 10.4 Å². The van der Waals surface area contributed by atoms with Gasteiger partial charge >= 0.3 is 5.97 Å². The van der Waals surface area contributed by atoms with Crippen molar-refractivity contribution in [2.75, 3.05) is 0 Å². The van der Waals surface area contributed by atoms with Crippen molar-refractivity contribution < 1.29 is 23.4 Å². The van der Waals surface area contributed by atoms with Crippen molar-refractivity contribution in [1.29, 1.82) is 0 Å². The maximum Gasteiger partial charge on any atom is 0.339 e. The third-order valence-corrected chi connectivity index (χ3v) is 2.80. The van der Waals surface area contributed by atoms with Gasteiger partial charge in [0.05, 0.1) is 0 Å². The summed E-state index contributed by atoms with van der Waals surface area (Å²) >= 11 is 3.15. The fraction of sp³-hybridized carbons (Fsp3) is 0. The number of hydrogen-bond donors (Lipinski definition) is 1. The predicted octanol–water partition coefficient (Wildman–Crippen LogP) is 4.22. The van der Waals surface area contributed by atoms with Gasteiger partial charge in [-0.05, 0) is 30.3 Å². The lowest BCUT2D eigenvalue weighted by atomic mass is 10.2. The Bertz CT molecular complexity index is 644. The molecule has 19 heavy (non-hydrogen) atoms. The topological polar surface area (TPSA) is 46.5 Å². The van der Waals surface area contributed by atoms with Gasteiger partial charge in [-0.15, -0.1) is 0 Å². The number of carboxylic acids is 1. The van der Waals surface area contributed by atoms with Crippen molar-refractivity contribution in [3.63, 3.8) is 0 Å². The zero-order chi connectivity index (χ0) is 14.0. The van der Waals surface area contributed by atoms with Crippen LogP contribution in [0, 0.1) is 11.6 Å². The predicted molar refractivity (Wildman–Crippen MR) is 67.5 cm³/mol. The largest absolute Gasteiger partial charge is 0.478 e. The van der Waals surface area contributed by atoms with Gasteiger partial charge in [0.2, 0.25) is 5.82 Å². The standard InChI is InChI=1S/C13H7BrF2O3/c14-7-4-5-8(13(17)18)11(6-7)19-10-3-1-2-9(15)12(10)16/h1-6H,(H,17,18). The van der Waals surface area contributed by atoms with E-state index in [1.165, 1.54) is 30.3 Å². The van der Waals surface area contributed by atoms with Crippen LogP contribution in [0.3, 0.4) is 0 Å². The van der Waals surface area contributed by atoms with E-state index < -0.39 is 17.6 Å². The molecule has 0 fully saturated rings. The van der Waals surface area contributed by atoms with Crippen molar-refractivity contribution in [3.8, 4) is 11.5 Å². The molecule has 2 aromatic rings. The zero-order valence-electron chi connectivity index (χ0n) is 9.36. The molecule has 0 aliphatic heterocycles. The summed E-state index contributed by atoms with van der Waals surface area (Å²) in [6.07, 6.45) is 0. The molecule has 3 nitrogen and oxygen atoms in total. The Kier molecular flexibility index (Phi) is 3.80. The van der Waals surface area contributed by atoms with E-state index in [0.717, 1.165) is 6.07 Å². The number of aromatic carboxylic acids is 1. The fourth-order valence-corrected chi connectivity index (χ4v) is 1.78. The van der Waals surface area contributed by atoms with Gasteiger partial charge in [-0.3, -0.25) is 0 Å². The molecule has 0 heterocycles. The molecular weight excluding hydrogens is 322 g/mol. The van der Waals surface area contributed by atoms with E-state index in [9.17, 15) is 13.6 Å². The quantitative estimate of drug-likeness (QED) is 0.917. The SMILES string of the molecule is O=C(O)c1ccc(Br)cc1Oc1cccc(F)c1F. The Labute approximate surface area is 115 Å². The Morgan fingerprint density at radius 3 is 2.58 bits per heavy atom. The molecule has 0 atom stereocenters. The van der Waals surface area contributed by atoms with E-state index in [4.69, 9.17) is 9.84 Å². The van der Waals surface area contributed by atoms with E-state index >= 15 is 0 Å². The first kappa shape index (κ1) is 13.5. The van der Waals surface area contributed by atoms with Crippen LogP contribution in [0.5, 0.6) is 11.5 Å². The molecule has 0 amide bonds. The fourth-order valence-electron chi connectivity index (χ4n) is 1.44. The van der Waals surface area contributed by atoms with E-state index in [0.29, 0.717) is 4.47 Å². The number of carboxylic acid groups (broad SMARTS) is 1. The Morgan fingerprint density at radius 1 is 1.16 bits per heavy atom. The first-order valence-corrected chi connectivity index (χ1v) is 5.93. The van der Waals surface area contributed by atoms with Crippen molar-refractivity contribution >= 4 is 21.9 Å². The molecule has 2 rings (SSSR count). The summed E-state index contributed by atoms with van der Waals surface area (Å²) in [4.78, 5) is 11.0. The highest BCUT2D eigenvalue weighted by atomic mass is 79.9. The molecule has 0 unspecified atom stereocenters. The summed E-state index contributed by atoms with van der Waals surface area (Å²) in [6.45, 7) is 0. The lowest BCUT2D eigenvalue weighted by molar-refractivity contribution is 0.0694. The van der Waals surface area contributed by atoms with Crippen LogP contribution < -0.4 is 4.74 Å². The molecule has 0 spiro atoms. The second kappa shape index (κ2) is 5.36. The minimum absolute atomic E-state index is 0.0774. The average molecular weight is 329 g/mol. The van der Waals surface area contributed by atoms with Gasteiger partial charge in [0.15, 0.2) is 11.6 Å². The monoisotopic (exact) mass is 328 g/mol. The van der Waals surface area contributed by atoms with Gasteiger partial charge < -0.3 is 9.84 Å². The van der Waals surface area contributed by atoms with Crippen LogP contribution in [-0.4, -0.2) is 11.1 Å². The van der Waals surface area contributed by atoms with E-state index in [1.54, 1.807) is 0 Å². The molecule has 0 bridgehead atoms. The minimum Gasteiger partial charge on any atom is -0.478 e. The minimum atomic E-state index is -1.22. The molecule has 6 heteroatoms. The maximum atomic E-state index is 13.5. The highest BCUT2D eigenvalue weighted by Crippen LogP contribution is 2.30. The van der Waals surface area contributed by atoms with Crippen molar-refractivity contribution in [2.45, 2.75) is 0 Å². The van der Waals surface area contributed by atoms with Crippen LogP contribution >= 0.6 is 15.9 Å². The molecule has 2 aromatic carbocycles. The number of halogens is 3. The number of benzene rings is 2.